The van der Waals surface area contributed by atoms with Crippen molar-refractivity contribution in [1.82, 2.24) is 13.7 Å². The summed E-state index contributed by atoms with van der Waals surface area (Å²) in [5, 5.41) is 14.9. The Morgan fingerprint density at radius 1 is 1.08 bits per heavy atom. The summed E-state index contributed by atoms with van der Waals surface area (Å²) in [7, 11) is 1.46. The van der Waals surface area contributed by atoms with E-state index >= 15 is 0 Å². The minimum atomic E-state index is -0.687. The number of aromatic nitrogens is 3. The number of carbonyl (C=O) groups excluding carboxylic acids is 1. The largest absolute Gasteiger partial charge is 0.396 e. The molecule has 0 radical (unpaired) electrons. The molecule has 0 atom stereocenters. The van der Waals surface area contributed by atoms with Gasteiger partial charge in [-0.25, -0.2) is 9.18 Å². The lowest BCUT2D eigenvalue weighted by atomic mass is 10.1. The number of nitrogens with one attached hydrogen (secondary N) is 2. The van der Waals surface area contributed by atoms with E-state index in [9.17, 15) is 28.7 Å². The lowest BCUT2D eigenvalue weighted by Gasteiger charge is -2.21. The SMILES string of the molecule is CC(=O)Nc1cccc(-n2c(=O)n(CCCCO)c(=O)c3c(Nc4ccc(I)cc4F)n(C)c(=O)c(C)c32)c1. The molecule has 3 N–H and O–H groups in total. The van der Waals surface area contributed by atoms with Crippen LogP contribution in [0.2, 0.25) is 0 Å². The average molecular weight is 647 g/mol. The van der Waals surface area contributed by atoms with Crippen LogP contribution in [0.5, 0.6) is 0 Å². The Morgan fingerprint density at radius 2 is 1.82 bits per heavy atom. The molecule has 0 aliphatic carbocycles. The summed E-state index contributed by atoms with van der Waals surface area (Å²) < 4.78 is 19.0. The van der Waals surface area contributed by atoms with Crippen LogP contribution in [0.3, 0.4) is 0 Å². The quantitative estimate of drug-likeness (QED) is 0.199. The number of pyridine rings is 1. The second kappa shape index (κ2) is 11.5. The highest BCUT2D eigenvalue weighted by Crippen LogP contribution is 2.28. The second-order valence-corrected chi connectivity index (χ2v) is 10.3. The number of aliphatic hydroxyl groups excluding tert-OH is 1. The van der Waals surface area contributed by atoms with Crippen LogP contribution in [0.15, 0.2) is 56.8 Å². The topological polar surface area (TPSA) is 127 Å². The molecule has 2 aromatic carbocycles. The summed E-state index contributed by atoms with van der Waals surface area (Å²) in [6.07, 6.45) is 0.718. The average Bonchev–Trinajstić information content (AvgIpc) is 2.88. The van der Waals surface area contributed by atoms with Crippen molar-refractivity contribution in [1.29, 1.82) is 0 Å². The monoisotopic (exact) mass is 647 g/mol. The van der Waals surface area contributed by atoms with Gasteiger partial charge in [0.05, 0.1) is 16.9 Å². The molecule has 10 nitrogen and oxygen atoms in total. The highest BCUT2D eigenvalue weighted by atomic mass is 127. The van der Waals surface area contributed by atoms with Gasteiger partial charge in [-0.15, -0.1) is 0 Å². The number of hydrogen-bond donors (Lipinski definition) is 3. The fraction of sp³-hybridized carbons (Fsp3) is 0.259. The Morgan fingerprint density at radius 3 is 2.49 bits per heavy atom. The van der Waals surface area contributed by atoms with Crippen molar-refractivity contribution >= 4 is 56.6 Å². The predicted octanol–water partition coefficient (Wildman–Crippen LogP) is 3.38. The Balaban J connectivity index is 2.13. The van der Waals surface area contributed by atoms with E-state index in [0.29, 0.717) is 27.8 Å². The molecule has 0 saturated heterocycles. The lowest BCUT2D eigenvalue weighted by Crippen LogP contribution is -2.41. The molecule has 204 valence electrons. The van der Waals surface area contributed by atoms with Crippen molar-refractivity contribution in [3.8, 4) is 5.69 Å². The molecule has 2 aromatic heterocycles. The molecule has 0 spiro atoms. The summed E-state index contributed by atoms with van der Waals surface area (Å²) in [5.74, 6) is -0.870. The smallest absolute Gasteiger partial charge is 0.336 e. The Hall–Kier alpha value is -3.78. The number of halogens is 2. The minimum Gasteiger partial charge on any atom is -0.396 e. The summed E-state index contributed by atoms with van der Waals surface area (Å²) in [5.41, 5.74) is -0.842. The molecule has 2 heterocycles. The van der Waals surface area contributed by atoms with Gasteiger partial charge in [-0.05, 0) is 78.8 Å². The van der Waals surface area contributed by atoms with Crippen LogP contribution in [0, 0.1) is 16.3 Å². The zero-order valence-corrected chi connectivity index (χ0v) is 23.7. The molecule has 0 aliphatic heterocycles. The van der Waals surface area contributed by atoms with Crippen molar-refractivity contribution in [3.63, 3.8) is 0 Å². The van der Waals surface area contributed by atoms with E-state index in [1.165, 1.54) is 42.2 Å². The molecule has 0 saturated carbocycles. The summed E-state index contributed by atoms with van der Waals surface area (Å²) >= 11 is 1.97. The van der Waals surface area contributed by atoms with Crippen LogP contribution >= 0.6 is 22.6 Å². The van der Waals surface area contributed by atoms with Crippen LogP contribution in [0.25, 0.3) is 16.6 Å². The number of benzene rings is 2. The molecular formula is C27H27FIN5O5. The Kier molecular flexibility index (Phi) is 8.35. The van der Waals surface area contributed by atoms with Crippen molar-refractivity contribution in [2.24, 2.45) is 7.05 Å². The maximum absolute atomic E-state index is 14.8. The van der Waals surface area contributed by atoms with Crippen molar-refractivity contribution in [2.45, 2.75) is 33.2 Å². The summed E-state index contributed by atoms with van der Waals surface area (Å²) in [4.78, 5) is 52.7. The van der Waals surface area contributed by atoms with E-state index in [2.05, 4.69) is 10.6 Å². The number of hydrogen-bond acceptors (Lipinski definition) is 6. The molecule has 0 aliphatic rings. The first-order chi connectivity index (χ1) is 18.5. The van der Waals surface area contributed by atoms with Gasteiger partial charge in [0.1, 0.15) is 17.0 Å². The molecule has 0 bridgehead atoms. The third kappa shape index (κ3) is 5.52. The molecule has 0 fully saturated rings. The van der Waals surface area contributed by atoms with Crippen LogP contribution in [-0.4, -0.2) is 31.3 Å². The number of nitrogens with zero attached hydrogens (tertiary/aromatic N) is 3. The number of unbranched alkanes of at least 4 members (excludes halogenated alkanes) is 1. The van der Waals surface area contributed by atoms with E-state index < -0.39 is 22.6 Å². The van der Waals surface area contributed by atoms with Gasteiger partial charge < -0.3 is 15.7 Å². The highest BCUT2D eigenvalue weighted by molar-refractivity contribution is 14.1. The van der Waals surface area contributed by atoms with Crippen LogP contribution in [0.1, 0.15) is 25.3 Å². The summed E-state index contributed by atoms with van der Waals surface area (Å²) in [6, 6.07) is 11.0. The zero-order valence-electron chi connectivity index (χ0n) is 21.5. The van der Waals surface area contributed by atoms with Gasteiger partial charge in [0.15, 0.2) is 0 Å². The highest BCUT2D eigenvalue weighted by Gasteiger charge is 2.24. The van der Waals surface area contributed by atoms with Crippen LogP contribution in [-0.2, 0) is 18.4 Å². The number of aliphatic hydroxyl groups is 1. The zero-order chi connectivity index (χ0) is 28.4. The van der Waals surface area contributed by atoms with Crippen molar-refractivity contribution < 1.29 is 14.3 Å². The number of carbonyl (C=O) groups is 1. The summed E-state index contributed by atoms with van der Waals surface area (Å²) in [6.45, 7) is 2.77. The number of anilines is 3. The van der Waals surface area contributed by atoms with Gasteiger partial charge in [-0.2, -0.15) is 0 Å². The maximum Gasteiger partial charge on any atom is 0.336 e. The van der Waals surface area contributed by atoms with E-state index in [0.717, 1.165) is 4.57 Å². The second-order valence-electron chi connectivity index (χ2n) is 9.05. The molecular weight excluding hydrogens is 620 g/mol. The number of amides is 1. The standard InChI is InChI=1S/C27H27FIN5O5/c1-15-23-22(24(32(3)25(15)37)31-21-10-9-17(29)13-20(21)28)26(38)33(11-4-5-12-35)27(39)34(23)19-8-6-7-18(14-19)30-16(2)36/h6-10,13-14,31,35H,4-5,11-12H2,1-3H3,(H,30,36). The lowest BCUT2D eigenvalue weighted by molar-refractivity contribution is -0.114. The van der Waals surface area contributed by atoms with Gasteiger partial charge >= 0.3 is 5.69 Å². The molecule has 0 unspecified atom stereocenters. The minimum absolute atomic E-state index is 0.0127. The van der Waals surface area contributed by atoms with E-state index in [1.807, 2.05) is 22.6 Å². The number of rotatable bonds is 8. The third-order valence-corrected chi connectivity index (χ3v) is 6.96. The molecule has 4 rings (SSSR count). The molecule has 39 heavy (non-hydrogen) atoms. The van der Waals surface area contributed by atoms with Crippen LogP contribution in [0.4, 0.5) is 21.6 Å². The first-order valence-electron chi connectivity index (χ1n) is 12.1. The normalized spacial score (nSPS) is 11.1. The Bertz CT molecular complexity index is 1780. The van der Waals surface area contributed by atoms with Crippen molar-refractivity contribution in [2.75, 3.05) is 17.2 Å². The molecule has 4 aromatic rings. The van der Waals surface area contributed by atoms with Gasteiger partial charge in [0.25, 0.3) is 11.1 Å². The van der Waals surface area contributed by atoms with E-state index in [-0.39, 0.29) is 47.0 Å². The van der Waals surface area contributed by atoms with Crippen LogP contribution < -0.4 is 27.4 Å². The van der Waals surface area contributed by atoms with Gasteiger partial charge in [-0.3, -0.25) is 28.1 Å². The first-order valence-corrected chi connectivity index (χ1v) is 13.2. The number of fused-ring (bicyclic) bond motifs is 1. The van der Waals surface area contributed by atoms with E-state index in [4.69, 9.17) is 0 Å². The fourth-order valence-corrected chi connectivity index (χ4v) is 4.90. The molecule has 1 amide bonds. The number of aryl methyl sites for hydroxylation is 1. The van der Waals surface area contributed by atoms with E-state index in [1.54, 1.807) is 30.3 Å². The fourth-order valence-electron chi connectivity index (χ4n) is 4.45. The van der Waals surface area contributed by atoms with Gasteiger partial charge in [0, 0.05) is 41.9 Å². The molecule has 12 heteroatoms. The Labute approximate surface area is 235 Å². The van der Waals surface area contributed by atoms with Crippen molar-refractivity contribution in [3.05, 3.63) is 88.6 Å². The first kappa shape index (κ1) is 28.2. The third-order valence-electron chi connectivity index (χ3n) is 6.29. The predicted molar refractivity (Wildman–Crippen MR) is 157 cm³/mol. The van der Waals surface area contributed by atoms with Gasteiger partial charge in [0.2, 0.25) is 5.91 Å². The van der Waals surface area contributed by atoms with Gasteiger partial charge in [-0.1, -0.05) is 6.07 Å². The maximum atomic E-state index is 14.8.